The molecule has 1 fully saturated rings. The van der Waals surface area contributed by atoms with Crippen molar-refractivity contribution in [1.29, 1.82) is 0 Å². The van der Waals surface area contributed by atoms with Gasteiger partial charge in [-0.3, -0.25) is 4.90 Å². The molecule has 3 atom stereocenters. The molecule has 126 valence electrons. The van der Waals surface area contributed by atoms with Crippen molar-refractivity contribution in [3.63, 3.8) is 0 Å². The predicted octanol–water partition coefficient (Wildman–Crippen LogP) is 5.59. The molecule has 0 aliphatic carbocycles. The quantitative estimate of drug-likeness (QED) is 0.533. The van der Waals surface area contributed by atoms with Crippen molar-refractivity contribution in [1.82, 2.24) is 4.90 Å². The first-order valence-electron chi connectivity index (χ1n) is 9.27. The van der Waals surface area contributed by atoms with E-state index < -0.39 is 0 Å². The van der Waals surface area contributed by atoms with E-state index in [0.717, 1.165) is 13.0 Å². The highest BCUT2D eigenvalue weighted by molar-refractivity contribution is 5.43. The largest absolute Gasteiger partial charge is 0.282 e. The molecule has 1 heterocycles. The summed E-state index contributed by atoms with van der Waals surface area (Å²) < 4.78 is 0. The topological polar surface area (TPSA) is 3.01 Å². The molecule has 0 radical (unpaired) electrons. The summed E-state index contributed by atoms with van der Waals surface area (Å²) in [6.45, 7) is 3.40. The van der Waals surface area contributed by atoms with Gasteiger partial charge in [0.15, 0.2) is 0 Å². The van der Waals surface area contributed by atoms with E-state index in [1.807, 2.05) is 0 Å². The van der Waals surface area contributed by atoms with Crippen LogP contribution in [0, 0.1) is 0 Å². The first-order valence-corrected chi connectivity index (χ1v) is 9.27. The van der Waals surface area contributed by atoms with Gasteiger partial charge >= 0.3 is 0 Å². The minimum atomic E-state index is 0.0694. The first-order chi connectivity index (χ1) is 12.4. The summed E-state index contributed by atoms with van der Waals surface area (Å²) in [5.74, 6) is 0. The second-order valence-corrected chi connectivity index (χ2v) is 6.96. The zero-order chi connectivity index (χ0) is 17.1. The second-order valence-electron chi connectivity index (χ2n) is 6.96. The fourth-order valence-electron chi connectivity index (χ4n) is 4.31. The van der Waals surface area contributed by atoms with E-state index in [2.05, 4.69) is 103 Å². The monoisotopic (exact) mass is 327 g/mol. The van der Waals surface area contributed by atoms with Crippen molar-refractivity contribution in [2.75, 3.05) is 6.54 Å². The van der Waals surface area contributed by atoms with Crippen LogP contribution >= 0.6 is 0 Å². The Morgan fingerprint density at radius 3 is 1.92 bits per heavy atom. The van der Waals surface area contributed by atoms with Gasteiger partial charge in [0.2, 0.25) is 0 Å². The molecular formula is C24H25N. The van der Waals surface area contributed by atoms with Gasteiger partial charge in [-0.25, -0.2) is 0 Å². The Labute approximate surface area is 150 Å². The Hall–Kier alpha value is -2.38. The van der Waals surface area contributed by atoms with E-state index in [-0.39, 0.29) is 5.54 Å². The number of hydrogen-bond donors (Lipinski definition) is 0. The lowest BCUT2D eigenvalue weighted by molar-refractivity contribution is 0.403. The number of hydrogen-bond acceptors (Lipinski definition) is 1. The Morgan fingerprint density at radius 1 is 0.760 bits per heavy atom. The third-order valence-corrected chi connectivity index (χ3v) is 5.38. The zero-order valence-corrected chi connectivity index (χ0v) is 14.8. The molecule has 0 amide bonds. The molecule has 4 rings (SSSR count). The summed E-state index contributed by atoms with van der Waals surface area (Å²) in [5.41, 5.74) is 4.34. The summed E-state index contributed by atoms with van der Waals surface area (Å²) in [4.78, 5) is 2.69. The average molecular weight is 327 g/mol. The van der Waals surface area contributed by atoms with Gasteiger partial charge in [-0.2, -0.15) is 0 Å². The molecule has 0 spiro atoms. The summed E-state index contributed by atoms with van der Waals surface area (Å²) in [7, 11) is 0. The third-order valence-electron chi connectivity index (χ3n) is 5.38. The van der Waals surface area contributed by atoms with Crippen molar-refractivity contribution in [3.8, 4) is 0 Å². The summed E-state index contributed by atoms with van der Waals surface area (Å²) in [6.07, 6.45) is 2.23. The van der Waals surface area contributed by atoms with Gasteiger partial charge in [-0.05, 0) is 36.1 Å². The van der Waals surface area contributed by atoms with Crippen molar-refractivity contribution in [2.45, 2.75) is 31.3 Å². The van der Waals surface area contributed by atoms with Crippen LogP contribution in [0.1, 0.15) is 36.1 Å². The maximum atomic E-state index is 2.69. The maximum absolute atomic E-state index is 2.69. The molecule has 25 heavy (non-hydrogen) atoms. The van der Waals surface area contributed by atoms with Gasteiger partial charge in [0.25, 0.3) is 0 Å². The molecule has 1 nitrogen and oxygen atoms in total. The lowest BCUT2D eigenvalue weighted by Gasteiger charge is -2.19. The molecule has 1 aliphatic rings. The molecule has 1 saturated heterocycles. The normalized spacial score (nSPS) is 24.8. The van der Waals surface area contributed by atoms with Gasteiger partial charge in [0, 0.05) is 0 Å². The highest BCUT2D eigenvalue weighted by Gasteiger charge is 2.62. The fraction of sp³-hybridized carbons (Fsp3) is 0.250. The van der Waals surface area contributed by atoms with Gasteiger partial charge in [0.1, 0.15) is 0 Å². The zero-order valence-electron chi connectivity index (χ0n) is 14.8. The maximum Gasteiger partial charge on any atom is 0.0706 e. The van der Waals surface area contributed by atoms with E-state index in [0.29, 0.717) is 6.04 Å². The molecule has 1 unspecified atom stereocenters. The minimum absolute atomic E-state index is 0.0694. The Kier molecular flexibility index (Phi) is 4.42. The van der Waals surface area contributed by atoms with Crippen LogP contribution in [-0.4, -0.2) is 11.4 Å². The highest BCUT2D eigenvalue weighted by atomic mass is 15.4. The van der Waals surface area contributed by atoms with Gasteiger partial charge < -0.3 is 0 Å². The standard InChI is InChI=1S/C24H25N/c1-2-18-25-23(21-14-8-4-9-15-21)24(25,22-16-10-5-11-17-22)19-20-12-6-3-7-13-20/h3-17,23H,2,18-19H2,1H3/t23-,24-,25?/m0/s1. The first kappa shape index (κ1) is 16.1. The van der Waals surface area contributed by atoms with Crippen LogP contribution in [0.15, 0.2) is 91.0 Å². The highest BCUT2D eigenvalue weighted by Crippen LogP contribution is 2.61. The lowest BCUT2D eigenvalue weighted by Crippen LogP contribution is -2.20. The summed E-state index contributed by atoms with van der Waals surface area (Å²) in [6, 6.07) is 33.4. The van der Waals surface area contributed by atoms with Crippen LogP contribution in [0.2, 0.25) is 0 Å². The molecule has 0 aromatic heterocycles. The number of nitrogens with zero attached hydrogens (tertiary/aromatic N) is 1. The summed E-state index contributed by atoms with van der Waals surface area (Å²) in [5, 5.41) is 0. The molecule has 0 saturated carbocycles. The van der Waals surface area contributed by atoms with E-state index >= 15 is 0 Å². The van der Waals surface area contributed by atoms with Crippen LogP contribution < -0.4 is 0 Å². The Bertz CT molecular complexity index is 797. The molecule has 3 aromatic rings. The van der Waals surface area contributed by atoms with Crippen LogP contribution in [0.4, 0.5) is 0 Å². The van der Waals surface area contributed by atoms with E-state index in [1.54, 1.807) is 0 Å². The van der Waals surface area contributed by atoms with Crippen molar-refractivity contribution >= 4 is 0 Å². The van der Waals surface area contributed by atoms with E-state index in [1.165, 1.54) is 23.1 Å². The van der Waals surface area contributed by atoms with E-state index in [9.17, 15) is 0 Å². The Morgan fingerprint density at radius 2 is 1.32 bits per heavy atom. The second kappa shape index (κ2) is 6.85. The van der Waals surface area contributed by atoms with Crippen LogP contribution in [-0.2, 0) is 12.0 Å². The fourth-order valence-corrected chi connectivity index (χ4v) is 4.31. The van der Waals surface area contributed by atoms with Crippen LogP contribution in [0.5, 0.6) is 0 Å². The summed E-state index contributed by atoms with van der Waals surface area (Å²) >= 11 is 0. The third kappa shape index (κ3) is 2.89. The average Bonchev–Trinajstić information content (AvgIpc) is 3.32. The molecule has 0 bridgehead atoms. The molecule has 0 N–H and O–H groups in total. The van der Waals surface area contributed by atoms with E-state index in [4.69, 9.17) is 0 Å². The number of benzene rings is 3. The smallest absolute Gasteiger partial charge is 0.0706 e. The van der Waals surface area contributed by atoms with Gasteiger partial charge in [-0.1, -0.05) is 97.9 Å². The van der Waals surface area contributed by atoms with Crippen molar-refractivity contribution in [3.05, 3.63) is 108 Å². The predicted molar refractivity (Wildman–Crippen MR) is 104 cm³/mol. The Balaban J connectivity index is 1.79. The number of rotatable bonds is 6. The SMILES string of the molecule is CCCN1[C@@H](c2ccccc2)[C@]1(Cc1ccccc1)c1ccccc1. The lowest BCUT2D eigenvalue weighted by atomic mass is 9.86. The van der Waals surface area contributed by atoms with Crippen LogP contribution in [0.25, 0.3) is 0 Å². The van der Waals surface area contributed by atoms with Crippen molar-refractivity contribution in [2.24, 2.45) is 0 Å². The minimum Gasteiger partial charge on any atom is -0.282 e. The van der Waals surface area contributed by atoms with Crippen LogP contribution in [0.3, 0.4) is 0 Å². The van der Waals surface area contributed by atoms with Gasteiger partial charge in [-0.15, -0.1) is 0 Å². The molecule has 1 aliphatic heterocycles. The van der Waals surface area contributed by atoms with Gasteiger partial charge in [0.05, 0.1) is 11.6 Å². The molecule has 1 heteroatoms. The van der Waals surface area contributed by atoms with Crippen molar-refractivity contribution < 1.29 is 0 Å². The molecule has 3 aromatic carbocycles. The molecular weight excluding hydrogens is 302 g/mol.